The number of carbonyl (C=O) groups excluding carboxylic acids is 1. The van der Waals surface area contributed by atoms with E-state index in [1.165, 1.54) is 4.90 Å². The highest BCUT2D eigenvalue weighted by atomic mass is 16.5. The number of H-pyrrole nitrogens is 1. The zero-order valence-electron chi connectivity index (χ0n) is 11.4. The molecule has 0 spiro atoms. The van der Waals surface area contributed by atoms with E-state index in [9.17, 15) is 19.5 Å². The second-order valence-corrected chi connectivity index (χ2v) is 4.76. The predicted octanol–water partition coefficient (Wildman–Crippen LogP) is -0.358. The van der Waals surface area contributed by atoms with E-state index in [1.54, 1.807) is 6.92 Å². The van der Waals surface area contributed by atoms with Crippen molar-refractivity contribution in [2.45, 2.75) is 13.0 Å². The molecule has 0 saturated carbocycles. The van der Waals surface area contributed by atoms with Crippen LogP contribution < -0.4 is 5.56 Å². The third-order valence-corrected chi connectivity index (χ3v) is 3.45. The van der Waals surface area contributed by atoms with Gasteiger partial charge in [-0.1, -0.05) is 0 Å². The SMILES string of the molecule is CCN(C(=O)c1cc(O)[nH]c(=O)c1)C1COCC1C(=O)O. The Bertz CT molecular complexity index is 611. The lowest BCUT2D eigenvalue weighted by atomic mass is 10.0. The van der Waals surface area contributed by atoms with Gasteiger partial charge in [-0.25, -0.2) is 0 Å². The number of carbonyl (C=O) groups is 2. The van der Waals surface area contributed by atoms with E-state index in [0.29, 0.717) is 0 Å². The Balaban J connectivity index is 2.30. The highest BCUT2D eigenvalue weighted by Gasteiger charge is 2.39. The lowest BCUT2D eigenvalue weighted by molar-refractivity contribution is -0.142. The van der Waals surface area contributed by atoms with Crippen LogP contribution in [0, 0.1) is 5.92 Å². The zero-order chi connectivity index (χ0) is 15.6. The van der Waals surface area contributed by atoms with Gasteiger partial charge in [-0.3, -0.25) is 19.4 Å². The highest BCUT2D eigenvalue weighted by molar-refractivity contribution is 5.95. The minimum Gasteiger partial charge on any atom is -0.494 e. The second-order valence-electron chi connectivity index (χ2n) is 4.76. The summed E-state index contributed by atoms with van der Waals surface area (Å²) in [6.45, 7) is 2.16. The summed E-state index contributed by atoms with van der Waals surface area (Å²) in [5.41, 5.74) is -0.596. The monoisotopic (exact) mass is 296 g/mol. The van der Waals surface area contributed by atoms with Gasteiger partial charge in [0.15, 0.2) is 5.88 Å². The van der Waals surface area contributed by atoms with Crippen molar-refractivity contribution in [1.29, 1.82) is 0 Å². The number of aromatic amines is 1. The fraction of sp³-hybridized carbons (Fsp3) is 0.462. The van der Waals surface area contributed by atoms with Gasteiger partial charge in [-0.15, -0.1) is 0 Å². The zero-order valence-corrected chi connectivity index (χ0v) is 11.4. The first kappa shape index (κ1) is 15.0. The molecule has 2 rings (SSSR count). The van der Waals surface area contributed by atoms with Gasteiger partial charge in [0.1, 0.15) is 5.92 Å². The lowest BCUT2D eigenvalue weighted by Crippen LogP contribution is -2.46. The summed E-state index contributed by atoms with van der Waals surface area (Å²) in [6, 6.07) is 1.61. The molecule has 1 aromatic heterocycles. The van der Waals surface area contributed by atoms with Crippen LogP contribution in [0.1, 0.15) is 17.3 Å². The molecule has 0 aliphatic carbocycles. The molecule has 8 nitrogen and oxygen atoms in total. The van der Waals surface area contributed by atoms with Crippen LogP contribution in [0.3, 0.4) is 0 Å². The first-order valence-electron chi connectivity index (χ1n) is 6.49. The minimum absolute atomic E-state index is 0.00846. The van der Waals surface area contributed by atoms with Crippen molar-refractivity contribution in [3.63, 3.8) is 0 Å². The van der Waals surface area contributed by atoms with E-state index < -0.39 is 35.3 Å². The minimum atomic E-state index is -1.03. The number of hydrogen-bond donors (Lipinski definition) is 3. The first-order valence-corrected chi connectivity index (χ1v) is 6.49. The van der Waals surface area contributed by atoms with Crippen LogP contribution in [0.25, 0.3) is 0 Å². The smallest absolute Gasteiger partial charge is 0.311 e. The molecule has 2 atom stereocenters. The maximum absolute atomic E-state index is 12.4. The normalized spacial score (nSPS) is 21.2. The van der Waals surface area contributed by atoms with Crippen molar-refractivity contribution in [3.05, 3.63) is 28.0 Å². The van der Waals surface area contributed by atoms with Crippen LogP contribution in [0.4, 0.5) is 0 Å². The van der Waals surface area contributed by atoms with Crippen molar-refractivity contribution >= 4 is 11.9 Å². The maximum atomic E-state index is 12.4. The molecule has 1 saturated heterocycles. The number of carboxylic acids is 1. The molecule has 21 heavy (non-hydrogen) atoms. The van der Waals surface area contributed by atoms with Crippen molar-refractivity contribution in [1.82, 2.24) is 9.88 Å². The third kappa shape index (κ3) is 3.05. The standard InChI is InChI=1S/C13H16N2O6/c1-2-15(9-6-21-5-8(9)13(19)20)12(18)7-3-10(16)14-11(17)4-7/h3-4,8-9H,2,5-6H2,1H3,(H,19,20)(H2,14,16,17). The van der Waals surface area contributed by atoms with Crippen molar-refractivity contribution in [3.8, 4) is 5.88 Å². The molecule has 2 unspecified atom stereocenters. The molecular formula is C13H16N2O6. The number of likely N-dealkylation sites (N-methyl/N-ethyl adjacent to an activating group) is 1. The maximum Gasteiger partial charge on any atom is 0.311 e. The van der Waals surface area contributed by atoms with Crippen LogP contribution in [-0.2, 0) is 9.53 Å². The van der Waals surface area contributed by atoms with Gasteiger partial charge in [-0.2, -0.15) is 0 Å². The second kappa shape index (κ2) is 5.96. The van der Waals surface area contributed by atoms with Crippen LogP contribution >= 0.6 is 0 Å². The summed E-state index contributed by atoms with van der Waals surface area (Å²) >= 11 is 0. The van der Waals surface area contributed by atoms with Crippen LogP contribution in [-0.4, -0.2) is 57.8 Å². The molecule has 0 aromatic carbocycles. The predicted molar refractivity (Wildman–Crippen MR) is 71.2 cm³/mol. The number of hydrogen-bond acceptors (Lipinski definition) is 5. The van der Waals surface area contributed by atoms with Gasteiger partial charge in [0.05, 0.1) is 24.8 Å². The summed E-state index contributed by atoms with van der Waals surface area (Å²) in [5.74, 6) is -2.76. The third-order valence-electron chi connectivity index (χ3n) is 3.45. The fourth-order valence-electron chi connectivity index (χ4n) is 2.43. The number of aromatic hydroxyl groups is 1. The molecular weight excluding hydrogens is 280 g/mol. The molecule has 0 radical (unpaired) electrons. The summed E-state index contributed by atoms with van der Waals surface area (Å²) in [7, 11) is 0. The van der Waals surface area contributed by atoms with Gasteiger partial charge < -0.3 is 19.8 Å². The average Bonchev–Trinajstić information content (AvgIpc) is 2.87. The van der Waals surface area contributed by atoms with Crippen LogP contribution in [0.5, 0.6) is 5.88 Å². The molecule has 3 N–H and O–H groups in total. The first-order chi connectivity index (χ1) is 9.93. The molecule has 2 heterocycles. The van der Waals surface area contributed by atoms with Gasteiger partial charge >= 0.3 is 5.97 Å². The molecule has 1 aliphatic heterocycles. The van der Waals surface area contributed by atoms with Crippen LogP contribution in [0.15, 0.2) is 16.9 Å². The van der Waals surface area contributed by atoms with Gasteiger partial charge in [0.2, 0.25) is 0 Å². The Morgan fingerprint density at radius 2 is 2.14 bits per heavy atom. The quantitative estimate of drug-likeness (QED) is 0.698. The van der Waals surface area contributed by atoms with Crippen molar-refractivity contribution < 1.29 is 24.5 Å². The highest BCUT2D eigenvalue weighted by Crippen LogP contribution is 2.22. The number of carboxylic acid groups (broad SMARTS) is 1. The Morgan fingerprint density at radius 1 is 1.43 bits per heavy atom. The largest absolute Gasteiger partial charge is 0.494 e. The van der Waals surface area contributed by atoms with Crippen LogP contribution in [0.2, 0.25) is 0 Å². The van der Waals surface area contributed by atoms with Gasteiger partial charge in [0.25, 0.3) is 11.5 Å². The summed E-state index contributed by atoms with van der Waals surface area (Å²) in [5, 5.41) is 18.5. The summed E-state index contributed by atoms with van der Waals surface area (Å²) in [4.78, 5) is 38.4. The number of ether oxygens (including phenoxy) is 1. The van der Waals surface area contributed by atoms with Crippen molar-refractivity contribution in [2.75, 3.05) is 19.8 Å². The number of aromatic nitrogens is 1. The number of amides is 1. The van der Waals surface area contributed by atoms with Gasteiger partial charge in [0, 0.05) is 18.7 Å². The molecule has 0 bridgehead atoms. The van der Waals surface area contributed by atoms with E-state index in [-0.39, 0.29) is 25.3 Å². The molecule has 114 valence electrons. The molecule has 8 heteroatoms. The van der Waals surface area contributed by atoms with E-state index in [0.717, 1.165) is 12.1 Å². The number of nitrogens with zero attached hydrogens (tertiary/aromatic N) is 1. The Morgan fingerprint density at radius 3 is 2.71 bits per heavy atom. The van der Waals surface area contributed by atoms with E-state index in [1.807, 2.05) is 0 Å². The molecule has 1 amide bonds. The van der Waals surface area contributed by atoms with E-state index in [2.05, 4.69) is 4.98 Å². The topological polar surface area (TPSA) is 120 Å². The van der Waals surface area contributed by atoms with E-state index in [4.69, 9.17) is 9.84 Å². The Labute approximate surface area is 120 Å². The average molecular weight is 296 g/mol. The number of pyridine rings is 1. The number of rotatable bonds is 4. The molecule has 1 aromatic rings. The number of aliphatic carboxylic acids is 1. The molecule has 1 fully saturated rings. The van der Waals surface area contributed by atoms with E-state index >= 15 is 0 Å². The molecule has 1 aliphatic rings. The van der Waals surface area contributed by atoms with Gasteiger partial charge in [-0.05, 0) is 6.92 Å². The summed E-state index contributed by atoms with van der Waals surface area (Å²) in [6.07, 6.45) is 0. The summed E-state index contributed by atoms with van der Waals surface area (Å²) < 4.78 is 5.16. The fourth-order valence-corrected chi connectivity index (χ4v) is 2.43. The Kier molecular flexibility index (Phi) is 4.27. The Hall–Kier alpha value is -2.35. The number of nitrogens with one attached hydrogen (secondary N) is 1. The van der Waals surface area contributed by atoms with Crippen molar-refractivity contribution in [2.24, 2.45) is 5.92 Å². The lowest BCUT2D eigenvalue weighted by Gasteiger charge is -2.29.